The van der Waals surface area contributed by atoms with Crippen LogP contribution in [0.15, 0.2) is 0 Å². The van der Waals surface area contributed by atoms with Gasteiger partial charge in [-0.3, -0.25) is 4.79 Å². The molecule has 0 aromatic heterocycles. The first-order valence-electron chi connectivity index (χ1n) is 9.80. The van der Waals surface area contributed by atoms with Crippen molar-refractivity contribution in [2.45, 2.75) is 76.9 Å². The van der Waals surface area contributed by atoms with Crippen molar-refractivity contribution in [1.82, 2.24) is 5.32 Å². The first kappa shape index (κ1) is 17.2. The summed E-state index contributed by atoms with van der Waals surface area (Å²) in [5.74, 6) is 2.21. The molecule has 3 rings (SSSR count). The molecule has 4 unspecified atom stereocenters. The average Bonchev–Trinajstić information content (AvgIpc) is 2.52. The lowest BCUT2D eigenvalue weighted by Gasteiger charge is -2.43. The third-order valence-electron chi connectivity index (χ3n) is 6.55. The summed E-state index contributed by atoms with van der Waals surface area (Å²) in [4.78, 5) is 12.4. The van der Waals surface area contributed by atoms with E-state index in [1.807, 2.05) is 0 Å². The molecule has 2 bridgehead atoms. The second kappa shape index (κ2) is 7.98. The molecule has 0 heterocycles. The van der Waals surface area contributed by atoms with Crippen molar-refractivity contribution >= 4 is 5.91 Å². The molecule has 3 aliphatic carbocycles. The number of carbonyl (C=O) groups excluding carboxylic acids is 1. The number of rotatable bonds is 5. The molecule has 0 spiro atoms. The zero-order valence-corrected chi connectivity index (χ0v) is 14.6. The lowest BCUT2D eigenvalue weighted by molar-refractivity contribution is -0.128. The maximum Gasteiger partial charge on any atom is 0.223 e. The maximum atomic E-state index is 12.4. The predicted molar refractivity (Wildman–Crippen MR) is 91.9 cm³/mol. The van der Waals surface area contributed by atoms with E-state index in [0.717, 1.165) is 12.8 Å². The fourth-order valence-electron chi connectivity index (χ4n) is 5.06. The minimum Gasteiger partial charge on any atom is -0.376 e. The zero-order valence-electron chi connectivity index (χ0n) is 14.6. The van der Waals surface area contributed by atoms with Crippen LogP contribution in [0.25, 0.3) is 0 Å². The van der Waals surface area contributed by atoms with E-state index in [4.69, 9.17) is 10.5 Å². The predicted octanol–water partition coefficient (Wildman–Crippen LogP) is 2.85. The number of nitrogens with two attached hydrogens (primary N) is 1. The van der Waals surface area contributed by atoms with Gasteiger partial charge in [0.15, 0.2) is 0 Å². The van der Waals surface area contributed by atoms with Crippen LogP contribution in [0.1, 0.15) is 64.7 Å². The van der Waals surface area contributed by atoms with Gasteiger partial charge in [0.1, 0.15) is 0 Å². The molecule has 3 fully saturated rings. The van der Waals surface area contributed by atoms with Crippen molar-refractivity contribution in [3.8, 4) is 0 Å². The first-order valence-corrected chi connectivity index (χ1v) is 9.80. The van der Waals surface area contributed by atoms with Crippen molar-refractivity contribution in [2.75, 3.05) is 13.2 Å². The third kappa shape index (κ3) is 4.27. The second-order valence-corrected chi connectivity index (χ2v) is 8.16. The van der Waals surface area contributed by atoms with Gasteiger partial charge in [0, 0.05) is 18.5 Å². The number of hydrogen-bond acceptors (Lipinski definition) is 3. The summed E-state index contributed by atoms with van der Waals surface area (Å²) in [6.45, 7) is 3.59. The van der Waals surface area contributed by atoms with Crippen LogP contribution in [0.2, 0.25) is 0 Å². The zero-order chi connectivity index (χ0) is 16.2. The summed E-state index contributed by atoms with van der Waals surface area (Å²) < 4.78 is 5.99. The van der Waals surface area contributed by atoms with Gasteiger partial charge in [-0.1, -0.05) is 26.2 Å². The van der Waals surface area contributed by atoms with E-state index in [-0.39, 0.29) is 11.8 Å². The van der Waals surface area contributed by atoms with Gasteiger partial charge in [-0.15, -0.1) is 0 Å². The van der Waals surface area contributed by atoms with Crippen LogP contribution < -0.4 is 11.1 Å². The fourth-order valence-corrected chi connectivity index (χ4v) is 5.06. The Morgan fingerprint density at radius 3 is 2.48 bits per heavy atom. The van der Waals surface area contributed by atoms with E-state index in [2.05, 4.69) is 12.2 Å². The highest BCUT2D eigenvalue weighted by Gasteiger charge is 2.40. The summed E-state index contributed by atoms with van der Waals surface area (Å²) in [7, 11) is 0. The van der Waals surface area contributed by atoms with Crippen molar-refractivity contribution in [3.63, 3.8) is 0 Å². The molecule has 4 nitrogen and oxygen atoms in total. The molecule has 0 aliphatic heterocycles. The number of ether oxygens (including phenoxy) is 1. The topological polar surface area (TPSA) is 64.3 Å². The minimum atomic E-state index is 0.179. The molecular formula is C19H34N2O2. The van der Waals surface area contributed by atoms with E-state index >= 15 is 0 Å². The van der Waals surface area contributed by atoms with Crippen LogP contribution >= 0.6 is 0 Å². The van der Waals surface area contributed by atoms with Crippen LogP contribution in [0.3, 0.4) is 0 Å². The average molecular weight is 322 g/mol. The van der Waals surface area contributed by atoms with E-state index in [0.29, 0.717) is 43.1 Å². The Morgan fingerprint density at radius 1 is 1.09 bits per heavy atom. The van der Waals surface area contributed by atoms with Crippen LogP contribution in [0, 0.1) is 23.7 Å². The molecule has 0 aromatic rings. The number of amides is 1. The second-order valence-electron chi connectivity index (χ2n) is 8.16. The molecule has 4 heteroatoms. The molecule has 3 N–H and O–H groups in total. The summed E-state index contributed by atoms with van der Waals surface area (Å²) in [5, 5.41) is 3.11. The van der Waals surface area contributed by atoms with Gasteiger partial charge in [-0.05, 0) is 56.3 Å². The standard InChI is InChI=1S/C19H34N2O2/c1-13-5-2-3-8-17(13)23-10-9-21-19(22)16-11-14-6-4-7-15(12-16)18(14)20/h13-18H,2-12,20H2,1H3,(H,21,22). The highest BCUT2D eigenvalue weighted by molar-refractivity contribution is 5.78. The van der Waals surface area contributed by atoms with Crippen molar-refractivity contribution < 1.29 is 9.53 Å². The van der Waals surface area contributed by atoms with Crippen molar-refractivity contribution in [1.29, 1.82) is 0 Å². The summed E-state index contributed by atoms with van der Waals surface area (Å²) >= 11 is 0. The molecule has 1 amide bonds. The number of hydrogen-bond donors (Lipinski definition) is 2. The van der Waals surface area contributed by atoms with Crippen molar-refractivity contribution in [2.24, 2.45) is 29.4 Å². The largest absolute Gasteiger partial charge is 0.376 e. The molecule has 3 saturated carbocycles. The Labute approximate surface area is 140 Å². The number of carbonyl (C=O) groups is 1. The Hall–Kier alpha value is -0.610. The fraction of sp³-hybridized carbons (Fsp3) is 0.947. The van der Waals surface area contributed by atoms with Crippen molar-refractivity contribution in [3.05, 3.63) is 0 Å². The molecule has 0 aromatic carbocycles. The SMILES string of the molecule is CC1CCCCC1OCCNC(=O)C1CC2CCCC(C1)C2N. The summed E-state index contributed by atoms with van der Waals surface area (Å²) in [6.07, 6.45) is 11.2. The highest BCUT2D eigenvalue weighted by Crippen LogP contribution is 2.41. The van der Waals surface area contributed by atoms with Gasteiger partial charge in [-0.25, -0.2) is 0 Å². The summed E-state index contributed by atoms with van der Waals surface area (Å²) in [6, 6.07) is 0.337. The van der Waals surface area contributed by atoms with E-state index < -0.39 is 0 Å². The molecule has 3 aliphatic rings. The normalized spacial score (nSPS) is 40.6. The monoisotopic (exact) mass is 322 g/mol. The van der Waals surface area contributed by atoms with Gasteiger partial charge in [0.05, 0.1) is 12.7 Å². The maximum absolute atomic E-state index is 12.4. The first-order chi connectivity index (χ1) is 11.1. The van der Waals surface area contributed by atoms with Gasteiger partial charge < -0.3 is 15.8 Å². The van der Waals surface area contributed by atoms with Crippen LogP contribution in [-0.4, -0.2) is 31.2 Å². The minimum absolute atomic E-state index is 0.179. The van der Waals surface area contributed by atoms with Gasteiger partial charge in [0.2, 0.25) is 5.91 Å². The molecule has 0 saturated heterocycles. The van der Waals surface area contributed by atoms with Gasteiger partial charge in [0.25, 0.3) is 0 Å². The lowest BCUT2D eigenvalue weighted by atomic mass is 9.65. The Bertz CT molecular complexity index is 387. The molecular weight excluding hydrogens is 288 g/mol. The van der Waals surface area contributed by atoms with E-state index in [9.17, 15) is 4.79 Å². The Balaban J connectivity index is 1.36. The van der Waals surface area contributed by atoms with Gasteiger partial charge in [-0.2, -0.15) is 0 Å². The molecule has 4 atom stereocenters. The van der Waals surface area contributed by atoms with Crippen LogP contribution in [0.4, 0.5) is 0 Å². The highest BCUT2D eigenvalue weighted by atomic mass is 16.5. The van der Waals surface area contributed by atoms with Crippen LogP contribution in [-0.2, 0) is 9.53 Å². The number of nitrogens with one attached hydrogen (secondary N) is 1. The molecule has 132 valence electrons. The quantitative estimate of drug-likeness (QED) is 0.765. The molecule has 0 radical (unpaired) electrons. The van der Waals surface area contributed by atoms with E-state index in [1.165, 1.54) is 44.9 Å². The number of fused-ring (bicyclic) bond motifs is 2. The summed E-state index contributed by atoms with van der Waals surface area (Å²) in [5.41, 5.74) is 6.31. The Morgan fingerprint density at radius 2 is 1.78 bits per heavy atom. The smallest absolute Gasteiger partial charge is 0.223 e. The lowest BCUT2D eigenvalue weighted by Crippen LogP contribution is -2.49. The van der Waals surface area contributed by atoms with Crippen LogP contribution in [0.5, 0.6) is 0 Å². The van der Waals surface area contributed by atoms with Gasteiger partial charge >= 0.3 is 0 Å². The Kier molecular flexibility index (Phi) is 5.97. The van der Waals surface area contributed by atoms with E-state index in [1.54, 1.807) is 0 Å². The third-order valence-corrected chi connectivity index (χ3v) is 6.55. The molecule has 23 heavy (non-hydrogen) atoms.